The molecule has 7 nitrogen and oxygen atoms in total. The van der Waals surface area contributed by atoms with Crippen LogP contribution in [0.4, 0.5) is 9.80 Å². The molecule has 0 radical (unpaired) electrons. The molecule has 3 heterocycles. The van der Waals surface area contributed by atoms with Crippen LogP contribution in [0.15, 0.2) is 30.5 Å². The number of carbonyl (C=O) groups is 1. The quantitative estimate of drug-likeness (QED) is 0.342. The average Bonchev–Trinajstić information content (AvgIpc) is 3.43. The van der Waals surface area contributed by atoms with E-state index in [-0.39, 0.29) is 36.2 Å². The Morgan fingerprint density at radius 3 is 2.57 bits per heavy atom. The van der Waals surface area contributed by atoms with Crippen LogP contribution in [0.5, 0.6) is 0 Å². The van der Waals surface area contributed by atoms with Gasteiger partial charge >= 0.3 is 0 Å². The molecule has 2 aliphatic heterocycles. The summed E-state index contributed by atoms with van der Waals surface area (Å²) in [6.07, 6.45) is 9.66. The van der Waals surface area contributed by atoms with Crippen molar-refractivity contribution in [2.75, 3.05) is 18.1 Å². The smallest absolute Gasteiger partial charge is 0.246 e. The number of carbonyl (C=O) groups excluding carboxylic acids is 1. The summed E-state index contributed by atoms with van der Waals surface area (Å²) >= 11 is 0. The van der Waals surface area contributed by atoms with Gasteiger partial charge < -0.3 is 18.9 Å². The maximum Gasteiger partial charge on any atom is 0.246 e. The summed E-state index contributed by atoms with van der Waals surface area (Å²) in [5.41, 5.74) is 2.91. The van der Waals surface area contributed by atoms with Crippen molar-refractivity contribution in [1.82, 2.24) is 15.0 Å². The van der Waals surface area contributed by atoms with Gasteiger partial charge in [0.05, 0.1) is 17.9 Å². The molecule has 0 saturated carbocycles. The van der Waals surface area contributed by atoms with Crippen molar-refractivity contribution in [3.8, 4) is 0 Å². The molecule has 0 aliphatic carbocycles. The summed E-state index contributed by atoms with van der Waals surface area (Å²) in [6.45, 7) is 7.22. The highest BCUT2D eigenvalue weighted by Crippen LogP contribution is 2.47. The van der Waals surface area contributed by atoms with Crippen LogP contribution in [-0.2, 0) is 28.9 Å². The highest BCUT2D eigenvalue weighted by molar-refractivity contribution is 6.72. The molecule has 1 aromatic carbocycles. The molecule has 2 saturated heterocycles. The normalized spacial score (nSPS) is 25.3. The summed E-state index contributed by atoms with van der Waals surface area (Å²) in [7, 11) is -2.93. The second kappa shape index (κ2) is 12.6. The van der Waals surface area contributed by atoms with Gasteiger partial charge in [-0.1, -0.05) is 37.1 Å². The fraction of sp³-hybridized carbons (Fsp3) is 0.679. The van der Waals surface area contributed by atoms with Crippen molar-refractivity contribution in [3.05, 3.63) is 41.7 Å². The monoisotopic (exact) mass is 530 g/mol. The van der Waals surface area contributed by atoms with Crippen molar-refractivity contribution >= 4 is 20.0 Å². The molecule has 2 aromatic rings. The molecule has 0 unspecified atom stereocenters. The van der Waals surface area contributed by atoms with Gasteiger partial charge in [-0.2, -0.15) is 0 Å². The SMILES string of the molecule is C[C@@H]1[C@@H]([Si](C)(C)F)[C@H](CCn2cc(CCO)nn2)O[C@@H]1CCc1ccc(N2CCCCCCC2=O)cc1. The number of aryl methyl sites for hydroxylation is 2. The van der Waals surface area contributed by atoms with Crippen LogP contribution in [0, 0.1) is 5.92 Å². The van der Waals surface area contributed by atoms with E-state index in [4.69, 9.17) is 9.84 Å². The van der Waals surface area contributed by atoms with Gasteiger partial charge in [0, 0.05) is 50.0 Å². The number of nitrogens with zero attached hydrogens (tertiary/aromatic N) is 4. The van der Waals surface area contributed by atoms with Crippen LogP contribution < -0.4 is 4.90 Å². The summed E-state index contributed by atoms with van der Waals surface area (Å²) in [6, 6.07) is 8.39. The molecular formula is C28H43FN4O3Si. The predicted molar refractivity (Wildman–Crippen MR) is 146 cm³/mol. The van der Waals surface area contributed by atoms with E-state index in [2.05, 4.69) is 41.5 Å². The van der Waals surface area contributed by atoms with E-state index in [0.29, 0.717) is 25.8 Å². The minimum atomic E-state index is -2.93. The molecule has 1 amide bonds. The summed E-state index contributed by atoms with van der Waals surface area (Å²) in [5.74, 6) is 0.390. The van der Waals surface area contributed by atoms with Crippen LogP contribution in [-0.4, -0.2) is 59.8 Å². The Morgan fingerprint density at radius 1 is 1.08 bits per heavy atom. The van der Waals surface area contributed by atoms with E-state index >= 15 is 4.11 Å². The molecule has 2 aliphatic rings. The van der Waals surface area contributed by atoms with Gasteiger partial charge in [-0.15, -0.1) is 5.10 Å². The number of hydrogen-bond acceptors (Lipinski definition) is 5. The molecule has 0 bridgehead atoms. The highest BCUT2D eigenvalue weighted by atomic mass is 28.4. The van der Waals surface area contributed by atoms with Crippen molar-refractivity contribution in [3.63, 3.8) is 0 Å². The van der Waals surface area contributed by atoms with Gasteiger partial charge in [0.1, 0.15) is 0 Å². The lowest BCUT2D eigenvalue weighted by Gasteiger charge is -2.28. The van der Waals surface area contributed by atoms with Gasteiger partial charge in [0.25, 0.3) is 0 Å². The minimum absolute atomic E-state index is 0.0221. The zero-order valence-corrected chi connectivity index (χ0v) is 23.6. The van der Waals surface area contributed by atoms with Crippen LogP contribution >= 0.6 is 0 Å². The number of halogens is 1. The Bertz CT molecular complexity index is 1010. The first kappa shape index (κ1) is 27.9. The largest absolute Gasteiger partial charge is 0.396 e. The second-order valence-electron chi connectivity index (χ2n) is 11.3. The molecule has 37 heavy (non-hydrogen) atoms. The van der Waals surface area contributed by atoms with E-state index in [1.54, 1.807) is 17.8 Å². The summed E-state index contributed by atoms with van der Waals surface area (Å²) < 4.78 is 23.7. The van der Waals surface area contributed by atoms with Crippen molar-refractivity contribution in [2.45, 2.75) is 102 Å². The van der Waals surface area contributed by atoms with Gasteiger partial charge in [-0.3, -0.25) is 9.48 Å². The van der Waals surface area contributed by atoms with Crippen LogP contribution in [0.1, 0.15) is 63.1 Å². The Hall–Kier alpha value is -2.10. The standard InChI is InChI=1S/C28H43FN4O3Si/c1-21-25(14-11-22-9-12-24(13-10-22)33-17-7-5-4-6-8-27(33)35)36-26(28(21)37(2,3)29)15-18-32-20-23(16-19-34)30-31-32/h9-10,12-13,20-21,25-26,28,34H,4-8,11,14-19H2,1-3H3/t21-,25+,26-,28+/m0/s1. The number of aromatic nitrogens is 3. The second-order valence-corrected chi connectivity index (χ2v) is 15.1. The predicted octanol–water partition coefficient (Wildman–Crippen LogP) is 5.08. The first-order valence-electron chi connectivity index (χ1n) is 14.0. The number of aliphatic hydroxyl groups excluding tert-OH is 1. The first-order valence-corrected chi connectivity index (χ1v) is 17.0. The van der Waals surface area contributed by atoms with Gasteiger partial charge in [-0.05, 0) is 68.8 Å². The third kappa shape index (κ3) is 7.27. The molecule has 204 valence electrons. The zero-order valence-electron chi connectivity index (χ0n) is 22.6. The average molecular weight is 531 g/mol. The van der Waals surface area contributed by atoms with Gasteiger partial charge in [-0.25, -0.2) is 0 Å². The topological polar surface area (TPSA) is 80.5 Å². The van der Waals surface area contributed by atoms with E-state index in [0.717, 1.165) is 50.0 Å². The number of rotatable bonds is 10. The summed E-state index contributed by atoms with van der Waals surface area (Å²) in [4.78, 5) is 14.5. The van der Waals surface area contributed by atoms with Crippen LogP contribution in [0.25, 0.3) is 0 Å². The molecule has 9 heteroatoms. The Balaban J connectivity index is 1.35. The maximum atomic E-state index is 15.4. The van der Waals surface area contributed by atoms with Crippen molar-refractivity contribution in [1.29, 1.82) is 0 Å². The van der Waals surface area contributed by atoms with Crippen LogP contribution in [0.3, 0.4) is 0 Å². The lowest BCUT2D eigenvalue weighted by molar-refractivity contribution is -0.118. The fourth-order valence-corrected chi connectivity index (χ4v) is 8.76. The molecule has 2 fully saturated rings. The van der Waals surface area contributed by atoms with Gasteiger partial charge in [0.2, 0.25) is 14.3 Å². The number of aliphatic hydroxyl groups is 1. The molecule has 1 N–H and O–H groups in total. The number of benzene rings is 1. The number of hydrogen-bond donors (Lipinski definition) is 1. The third-order valence-electron chi connectivity index (χ3n) is 8.08. The number of anilines is 1. The van der Waals surface area contributed by atoms with Gasteiger partial charge in [0.15, 0.2) is 0 Å². The van der Waals surface area contributed by atoms with Crippen molar-refractivity contribution in [2.24, 2.45) is 5.92 Å². The molecule has 4 rings (SSSR count). The van der Waals surface area contributed by atoms with E-state index < -0.39 is 8.41 Å². The lowest BCUT2D eigenvalue weighted by Crippen LogP contribution is -2.36. The number of ether oxygens (including phenoxy) is 1. The minimum Gasteiger partial charge on any atom is -0.396 e. The third-order valence-corrected chi connectivity index (χ3v) is 10.6. The maximum absolute atomic E-state index is 15.4. The lowest BCUT2D eigenvalue weighted by atomic mass is 9.95. The summed E-state index contributed by atoms with van der Waals surface area (Å²) in [5, 5.41) is 17.3. The van der Waals surface area contributed by atoms with Crippen LogP contribution in [0.2, 0.25) is 18.6 Å². The molecule has 1 aromatic heterocycles. The van der Waals surface area contributed by atoms with E-state index in [1.807, 2.05) is 11.1 Å². The fourth-order valence-electron chi connectivity index (χ4n) is 6.17. The van der Waals surface area contributed by atoms with E-state index in [9.17, 15) is 4.79 Å². The Kier molecular flexibility index (Phi) is 9.53. The molecular weight excluding hydrogens is 487 g/mol. The van der Waals surface area contributed by atoms with E-state index in [1.165, 1.54) is 12.0 Å². The first-order chi connectivity index (χ1) is 17.8. The number of amides is 1. The molecule has 4 atom stereocenters. The Labute approximate surface area is 221 Å². The molecule has 0 spiro atoms. The highest BCUT2D eigenvalue weighted by Gasteiger charge is 2.50. The zero-order chi connectivity index (χ0) is 26.4. The Morgan fingerprint density at radius 2 is 1.84 bits per heavy atom. The van der Waals surface area contributed by atoms with Crippen molar-refractivity contribution < 1.29 is 18.7 Å².